The Balaban J connectivity index is 0.00000196. The molecular formula is C23H36AcO2. The molecule has 3 heteroatoms. The summed E-state index contributed by atoms with van der Waals surface area (Å²) in [7, 11) is 0. The predicted molar refractivity (Wildman–Crippen MR) is 101 cm³/mol. The summed E-state index contributed by atoms with van der Waals surface area (Å²) in [5, 5.41) is 10.2. The molecule has 26 heavy (non-hydrogen) atoms. The zero-order chi connectivity index (χ0) is 18.2. The van der Waals surface area contributed by atoms with E-state index in [4.69, 9.17) is 0 Å². The maximum atomic E-state index is 12.5. The van der Waals surface area contributed by atoms with Gasteiger partial charge in [-0.15, -0.1) is 0 Å². The first kappa shape index (κ1) is 21.5. The normalized spacial score (nSPS) is 50.4. The molecular weight excluding hydrogens is 535 g/mol. The fraction of sp³-hybridized carbons (Fsp3) is 0.870. The van der Waals surface area contributed by atoms with Crippen molar-refractivity contribution in [2.24, 2.45) is 34.0 Å². The molecule has 0 bridgehead atoms. The van der Waals surface area contributed by atoms with Crippen LogP contribution in [0.25, 0.3) is 0 Å². The number of rotatable bonds is 1. The molecule has 0 heterocycles. The van der Waals surface area contributed by atoms with Gasteiger partial charge in [0.2, 0.25) is 0 Å². The van der Waals surface area contributed by atoms with Crippen molar-refractivity contribution in [2.45, 2.75) is 92.1 Å². The van der Waals surface area contributed by atoms with Crippen LogP contribution in [0, 0.1) is 78.1 Å². The van der Waals surface area contributed by atoms with E-state index in [0.29, 0.717) is 17.1 Å². The third-order valence-corrected chi connectivity index (χ3v) is 9.82. The van der Waals surface area contributed by atoms with Crippen LogP contribution in [0.3, 0.4) is 0 Å². The van der Waals surface area contributed by atoms with Crippen LogP contribution in [0.2, 0.25) is 0 Å². The molecule has 143 valence electrons. The van der Waals surface area contributed by atoms with Crippen molar-refractivity contribution in [3.63, 3.8) is 0 Å². The van der Waals surface area contributed by atoms with Crippen molar-refractivity contribution in [1.29, 1.82) is 0 Å². The third kappa shape index (κ3) is 2.73. The molecule has 0 spiro atoms. The number of fused-ring (bicyclic) bond motifs is 5. The van der Waals surface area contributed by atoms with Gasteiger partial charge in [0.15, 0.2) is 0 Å². The average Bonchev–Trinajstić information content (AvgIpc) is 2.83. The number of carbonyl (C=O) groups is 1. The summed E-state index contributed by atoms with van der Waals surface area (Å²) < 4.78 is 0. The van der Waals surface area contributed by atoms with Crippen LogP contribution in [-0.2, 0) is 4.79 Å². The first-order valence-electron chi connectivity index (χ1n) is 10.5. The van der Waals surface area contributed by atoms with Gasteiger partial charge in [-0.25, -0.2) is 0 Å². The summed E-state index contributed by atoms with van der Waals surface area (Å²) in [6.45, 7) is 11.3. The fourth-order valence-corrected chi connectivity index (χ4v) is 7.94. The minimum atomic E-state index is -0.129. The van der Waals surface area contributed by atoms with E-state index in [9.17, 15) is 9.90 Å². The monoisotopic (exact) mass is 571 g/mol. The van der Waals surface area contributed by atoms with Gasteiger partial charge in [-0.2, -0.15) is 0 Å². The topological polar surface area (TPSA) is 37.3 Å². The number of aliphatic hydroxyl groups is 1. The largest absolute Gasteiger partial charge is 0.393 e. The predicted octanol–water partition coefficient (Wildman–Crippen LogP) is 5.30. The Labute approximate surface area is 195 Å². The maximum Gasteiger partial charge on any atom is 0.136 e. The zero-order valence-corrected chi connectivity index (χ0v) is 22.1. The molecule has 0 aliphatic heterocycles. The Bertz CT molecular complexity index is 640. The second kappa shape index (κ2) is 6.95. The molecule has 4 unspecified atom stereocenters. The SMILES string of the molecule is CC(=O)[C@@]1(C)CCC2C3CC(C)=C4CC(O)CC[C@]4(C)C3CC[C@@]21C.[Ac]. The van der Waals surface area contributed by atoms with E-state index in [2.05, 4.69) is 27.7 Å². The number of carbonyl (C=O) groups excluding carboxylic acids is 1. The first-order chi connectivity index (χ1) is 11.6. The number of hydrogen-bond acceptors (Lipinski definition) is 2. The molecule has 3 fully saturated rings. The smallest absolute Gasteiger partial charge is 0.136 e. The van der Waals surface area contributed by atoms with Crippen LogP contribution in [0.1, 0.15) is 86.0 Å². The van der Waals surface area contributed by atoms with Crippen LogP contribution in [0.4, 0.5) is 0 Å². The van der Waals surface area contributed by atoms with Gasteiger partial charge in [-0.3, -0.25) is 4.79 Å². The van der Waals surface area contributed by atoms with Gasteiger partial charge in [0.1, 0.15) is 5.78 Å². The number of aliphatic hydroxyl groups excluding tert-OH is 1. The number of hydrogen-bond donors (Lipinski definition) is 1. The third-order valence-electron chi connectivity index (χ3n) is 9.82. The zero-order valence-electron chi connectivity index (χ0n) is 17.4. The number of Topliss-reactive ketones (excluding diaryl/α,β-unsaturated/α-hetero) is 1. The van der Waals surface area contributed by atoms with Crippen molar-refractivity contribution >= 4 is 5.78 Å². The van der Waals surface area contributed by atoms with Crippen LogP contribution < -0.4 is 0 Å². The Morgan fingerprint density at radius 2 is 1.65 bits per heavy atom. The Morgan fingerprint density at radius 1 is 1.00 bits per heavy atom. The van der Waals surface area contributed by atoms with E-state index < -0.39 is 0 Å². The van der Waals surface area contributed by atoms with E-state index >= 15 is 0 Å². The van der Waals surface area contributed by atoms with E-state index in [1.165, 1.54) is 25.7 Å². The van der Waals surface area contributed by atoms with Crippen molar-refractivity contribution in [3.05, 3.63) is 11.1 Å². The second-order valence-corrected chi connectivity index (χ2v) is 10.5. The summed E-state index contributed by atoms with van der Waals surface area (Å²) in [6, 6.07) is 0. The van der Waals surface area contributed by atoms with Gasteiger partial charge in [0, 0.05) is 49.5 Å². The Kier molecular flexibility index (Phi) is 5.75. The van der Waals surface area contributed by atoms with Gasteiger partial charge in [0.25, 0.3) is 0 Å². The summed E-state index contributed by atoms with van der Waals surface area (Å²) >= 11 is 0. The molecule has 0 saturated heterocycles. The molecule has 4 aliphatic carbocycles. The molecule has 7 atom stereocenters. The standard InChI is InChI=1S/C23H36O2.Ac/c1-14-12-17-18(21(3)9-6-16(25)13-20(14)21)7-11-23(5)19(17)8-10-22(23,4)15(2)24;/h16-19,25H,6-13H2,1-5H3;/t16?,17?,18?,19?,21-,22-,23+;/m1./s1. The number of ketones is 1. The van der Waals surface area contributed by atoms with Crippen LogP contribution in [-0.4, -0.2) is 17.0 Å². The molecule has 3 saturated carbocycles. The molecule has 1 N–H and O–H groups in total. The number of allylic oxidation sites excluding steroid dienone is 1. The van der Waals surface area contributed by atoms with Crippen molar-refractivity contribution in [2.75, 3.05) is 0 Å². The molecule has 0 amide bonds. The minimum absolute atomic E-state index is 0. The van der Waals surface area contributed by atoms with E-state index in [1.54, 1.807) is 11.1 Å². The van der Waals surface area contributed by atoms with Crippen molar-refractivity contribution < 1.29 is 54.0 Å². The molecule has 2 nitrogen and oxygen atoms in total. The van der Waals surface area contributed by atoms with Gasteiger partial charge >= 0.3 is 0 Å². The molecule has 0 aromatic rings. The fourth-order valence-electron chi connectivity index (χ4n) is 7.94. The quantitative estimate of drug-likeness (QED) is 0.435. The van der Waals surface area contributed by atoms with E-state index in [0.717, 1.165) is 37.5 Å². The summed E-state index contributed by atoms with van der Waals surface area (Å²) in [4.78, 5) is 12.5. The minimum Gasteiger partial charge on any atom is -0.393 e. The van der Waals surface area contributed by atoms with Gasteiger partial charge in [0.05, 0.1) is 6.10 Å². The first-order valence-corrected chi connectivity index (χ1v) is 10.5. The van der Waals surface area contributed by atoms with Crippen LogP contribution >= 0.6 is 0 Å². The summed E-state index contributed by atoms with van der Waals surface area (Å²) in [6.07, 6.45) is 8.88. The molecule has 4 aliphatic rings. The summed E-state index contributed by atoms with van der Waals surface area (Å²) in [5.74, 6) is 2.60. The van der Waals surface area contributed by atoms with Crippen LogP contribution in [0.15, 0.2) is 11.1 Å². The van der Waals surface area contributed by atoms with Crippen molar-refractivity contribution in [1.82, 2.24) is 0 Å². The Morgan fingerprint density at radius 3 is 2.31 bits per heavy atom. The molecule has 0 aromatic heterocycles. The Hall–Kier alpha value is 0.812. The maximum absolute atomic E-state index is 12.5. The molecule has 0 aromatic carbocycles. The molecule has 1 radical (unpaired) electrons. The van der Waals surface area contributed by atoms with Gasteiger partial charge in [-0.1, -0.05) is 31.9 Å². The summed E-state index contributed by atoms with van der Waals surface area (Å²) in [5.41, 5.74) is 3.50. The van der Waals surface area contributed by atoms with Gasteiger partial charge < -0.3 is 5.11 Å². The molecule has 4 rings (SSSR count). The van der Waals surface area contributed by atoms with E-state index in [1.807, 2.05) is 6.92 Å². The van der Waals surface area contributed by atoms with Crippen LogP contribution in [0.5, 0.6) is 0 Å². The van der Waals surface area contributed by atoms with E-state index in [-0.39, 0.29) is 61.0 Å². The average molecular weight is 572 g/mol. The second-order valence-electron chi connectivity index (χ2n) is 10.5. The van der Waals surface area contributed by atoms with Crippen molar-refractivity contribution in [3.8, 4) is 0 Å². The van der Waals surface area contributed by atoms with Gasteiger partial charge in [-0.05, 0) is 93.8 Å².